The Morgan fingerprint density at radius 2 is 2.10 bits per heavy atom. The smallest absolute Gasteiger partial charge is 0.343 e. The number of rotatable bonds is 2. The van der Waals surface area contributed by atoms with Crippen molar-refractivity contribution in [2.75, 3.05) is 14.2 Å². The number of pyridine rings is 2. The Hall–Kier alpha value is -2.89. The van der Waals surface area contributed by atoms with Gasteiger partial charge in [-0.1, -0.05) is 6.07 Å². The molecule has 0 saturated heterocycles. The number of benzene rings is 1. The molecule has 0 aliphatic rings. The molecule has 1 N–H and O–H groups in total. The number of H-pyrrole nitrogens is 1. The van der Waals surface area contributed by atoms with Crippen LogP contribution in [0.2, 0.25) is 0 Å². The molecular formula is C15H12N2O4. The van der Waals surface area contributed by atoms with Crippen molar-refractivity contribution < 1.29 is 14.3 Å². The maximum atomic E-state index is 12.2. The minimum absolute atomic E-state index is 0.166. The zero-order valence-corrected chi connectivity index (χ0v) is 11.5. The number of carbonyl (C=O) groups excluding carboxylic acids is 1. The maximum absolute atomic E-state index is 12.2. The van der Waals surface area contributed by atoms with E-state index in [4.69, 9.17) is 9.47 Å². The third kappa shape index (κ3) is 1.84. The summed E-state index contributed by atoms with van der Waals surface area (Å²) in [4.78, 5) is 31.5. The number of nitrogens with one attached hydrogen (secondary N) is 1. The summed E-state index contributed by atoms with van der Waals surface area (Å²) in [5.74, 6) is -0.307. The van der Waals surface area contributed by atoms with Gasteiger partial charge < -0.3 is 14.5 Å². The average molecular weight is 284 g/mol. The lowest BCUT2D eigenvalue weighted by molar-refractivity contribution is 0.0599. The largest absolute Gasteiger partial charge is 0.493 e. The molecule has 0 amide bonds. The highest BCUT2D eigenvalue weighted by atomic mass is 16.5. The van der Waals surface area contributed by atoms with Crippen LogP contribution in [-0.2, 0) is 4.74 Å². The van der Waals surface area contributed by atoms with Crippen molar-refractivity contribution in [2.24, 2.45) is 0 Å². The van der Waals surface area contributed by atoms with Crippen LogP contribution >= 0.6 is 0 Å². The van der Waals surface area contributed by atoms with Gasteiger partial charge in [0, 0.05) is 23.8 Å². The van der Waals surface area contributed by atoms with E-state index in [2.05, 4.69) is 9.97 Å². The van der Waals surface area contributed by atoms with Gasteiger partial charge in [-0.05, 0) is 6.07 Å². The van der Waals surface area contributed by atoms with Crippen LogP contribution < -0.4 is 10.2 Å². The number of aromatic nitrogens is 2. The van der Waals surface area contributed by atoms with Crippen molar-refractivity contribution in [3.05, 3.63) is 46.4 Å². The Labute approximate surface area is 119 Å². The van der Waals surface area contributed by atoms with E-state index in [1.165, 1.54) is 26.5 Å². The number of fused-ring (bicyclic) bond motifs is 3. The molecule has 1 aromatic carbocycles. The Kier molecular flexibility index (Phi) is 3.06. The highest BCUT2D eigenvalue weighted by Crippen LogP contribution is 2.34. The number of aromatic amines is 1. The predicted octanol–water partition coefficient (Wildman–Crippen LogP) is 1.87. The number of hydrogen-bond donors (Lipinski definition) is 1. The normalized spacial score (nSPS) is 10.8. The van der Waals surface area contributed by atoms with Crippen molar-refractivity contribution in [3.63, 3.8) is 0 Å². The van der Waals surface area contributed by atoms with Gasteiger partial charge in [0.15, 0.2) is 11.2 Å². The summed E-state index contributed by atoms with van der Waals surface area (Å²) in [5.41, 5.74) is 0.796. The molecule has 0 saturated carbocycles. The van der Waals surface area contributed by atoms with Gasteiger partial charge in [-0.15, -0.1) is 0 Å². The first-order valence-electron chi connectivity index (χ1n) is 6.23. The predicted molar refractivity (Wildman–Crippen MR) is 77.8 cm³/mol. The Morgan fingerprint density at radius 1 is 1.29 bits per heavy atom. The third-order valence-corrected chi connectivity index (χ3v) is 3.32. The maximum Gasteiger partial charge on any atom is 0.343 e. The number of carbonyl (C=O) groups is 1. The Balaban J connectivity index is 2.67. The second-order valence-corrected chi connectivity index (χ2v) is 4.39. The minimum Gasteiger partial charge on any atom is -0.493 e. The lowest BCUT2D eigenvalue weighted by Crippen LogP contribution is -2.11. The molecule has 0 aliphatic carbocycles. The first-order valence-corrected chi connectivity index (χ1v) is 6.23. The lowest BCUT2D eigenvalue weighted by atomic mass is 10.0. The van der Waals surface area contributed by atoms with E-state index in [1.807, 2.05) is 0 Å². The molecule has 0 spiro atoms. The van der Waals surface area contributed by atoms with Gasteiger partial charge >= 0.3 is 5.97 Å². The highest BCUT2D eigenvalue weighted by molar-refractivity contribution is 6.17. The van der Waals surface area contributed by atoms with E-state index in [9.17, 15) is 9.59 Å². The standard InChI is InChI=1S/C15H12N2O4/c1-20-14-11(15(19)21-2)13-10(9(18)5-7-17-13)8-4-3-6-16-12(8)14/h3-7H,1-2H3,(H,17,18). The molecule has 0 radical (unpaired) electrons. The fourth-order valence-electron chi connectivity index (χ4n) is 2.46. The van der Waals surface area contributed by atoms with E-state index < -0.39 is 5.97 Å². The van der Waals surface area contributed by atoms with Crippen LogP contribution in [0, 0.1) is 0 Å². The molecular weight excluding hydrogens is 272 g/mol. The van der Waals surface area contributed by atoms with E-state index in [-0.39, 0.29) is 16.7 Å². The van der Waals surface area contributed by atoms with Crippen LogP contribution in [0.25, 0.3) is 21.8 Å². The molecule has 106 valence electrons. The Morgan fingerprint density at radius 3 is 2.81 bits per heavy atom. The number of esters is 1. The van der Waals surface area contributed by atoms with E-state index >= 15 is 0 Å². The minimum atomic E-state index is -0.591. The SMILES string of the molecule is COC(=O)c1c(OC)c2ncccc2c2c(=O)cc[nH]c12. The summed E-state index contributed by atoms with van der Waals surface area (Å²) in [6.45, 7) is 0. The first kappa shape index (κ1) is 13.1. The van der Waals surface area contributed by atoms with E-state index in [0.717, 1.165) is 0 Å². The number of nitrogens with zero attached hydrogens (tertiary/aromatic N) is 1. The van der Waals surface area contributed by atoms with Gasteiger partial charge in [0.1, 0.15) is 11.1 Å². The molecule has 3 rings (SSSR count). The zero-order chi connectivity index (χ0) is 15.0. The molecule has 2 heterocycles. The fraction of sp³-hybridized carbons (Fsp3) is 0.133. The molecule has 2 aromatic heterocycles. The molecule has 0 fully saturated rings. The van der Waals surface area contributed by atoms with Crippen molar-refractivity contribution in [2.45, 2.75) is 0 Å². The summed E-state index contributed by atoms with van der Waals surface area (Å²) >= 11 is 0. The van der Waals surface area contributed by atoms with Gasteiger partial charge in [-0.2, -0.15) is 0 Å². The number of methoxy groups -OCH3 is 2. The van der Waals surface area contributed by atoms with Crippen LogP contribution in [0.3, 0.4) is 0 Å². The van der Waals surface area contributed by atoms with Crippen molar-refractivity contribution in [1.29, 1.82) is 0 Å². The molecule has 6 nitrogen and oxygen atoms in total. The highest BCUT2D eigenvalue weighted by Gasteiger charge is 2.23. The summed E-state index contributed by atoms with van der Waals surface area (Å²) in [7, 11) is 2.72. The summed E-state index contributed by atoms with van der Waals surface area (Å²) < 4.78 is 10.2. The second-order valence-electron chi connectivity index (χ2n) is 4.39. The molecule has 0 aliphatic heterocycles. The van der Waals surface area contributed by atoms with Crippen LogP contribution in [0.5, 0.6) is 5.75 Å². The first-order chi connectivity index (χ1) is 10.2. The number of hydrogen-bond acceptors (Lipinski definition) is 5. The van der Waals surface area contributed by atoms with E-state index in [1.54, 1.807) is 18.3 Å². The molecule has 0 unspecified atom stereocenters. The molecule has 21 heavy (non-hydrogen) atoms. The summed E-state index contributed by atoms with van der Waals surface area (Å²) in [6.07, 6.45) is 3.06. The quantitative estimate of drug-likeness (QED) is 0.574. The van der Waals surface area contributed by atoms with Gasteiger partial charge in [0.2, 0.25) is 0 Å². The van der Waals surface area contributed by atoms with Crippen molar-refractivity contribution >= 4 is 27.8 Å². The lowest BCUT2D eigenvalue weighted by Gasteiger charge is -2.13. The van der Waals surface area contributed by atoms with Gasteiger partial charge in [-0.25, -0.2) is 4.79 Å². The monoisotopic (exact) mass is 284 g/mol. The van der Waals surface area contributed by atoms with Gasteiger partial charge in [0.25, 0.3) is 0 Å². The summed E-state index contributed by atoms with van der Waals surface area (Å²) in [5, 5.41) is 1.01. The Bertz CT molecular complexity index is 915. The van der Waals surface area contributed by atoms with Crippen molar-refractivity contribution in [3.8, 4) is 5.75 Å². The third-order valence-electron chi connectivity index (χ3n) is 3.32. The molecule has 6 heteroatoms. The molecule has 0 atom stereocenters. The summed E-state index contributed by atoms with van der Waals surface area (Å²) in [6, 6.07) is 4.90. The van der Waals surface area contributed by atoms with Crippen molar-refractivity contribution in [1.82, 2.24) is 9.97 Å². The van der Waals surface area contributed by atoms with Crippen LogP contribution in [0.15, 0.2) is 35.4 Å². The topological polar surface area (TPSA) is 81.3 Å². The molecule has 3 aromatic rings. The van der Waals surface area contributed by atoms with E-state index in [0.29, 0.717) is 21.8 Å². The number of ether oxygens (including phenoxy) is 2. The van der Waals surface area contributed by atoms with Gasteiger partial charge in [-0.3, -0.25) is 9.78 Å². The van der Waals surface area contributed by atoms with Gasteiger partial charge in [0.05, 0.1) is 25.1 Å². The van der Waals surface area contributed by atoms with Crippen LogP contribution in [0.1, 0.15) is 10.4 Å². The second kappa shape index (κ2) is 4.90. The zero-order valence-electron chi connectivity index (χ0n) is 11.5. The van der Waals surface area contributed by atoms with Crippen LogP contribution in [0.4, 0.5) is 0 Å². The fourth-order valence-corrected chi connectivity index (χ4v) is 2.46. The molecule has 0 bridgehead atoms. The average Bonchev–Trinajstić information content (AvgIpc) is 2.52. The van der Waals surface area contributed by atoms with Crippen LogP contribution in [-0.4, -0.2) is 30.2 Å².